The van der Waals surface area contributed by atoms with Gasteiger partial charge in [0.05, 0.1) is 10.4 Å². The number of sulfonamides is 1. The highest BCUT2D eigenvalue weighted by molar-refractivity contribution is 7.94. The van der Waals surface area contributed by atoms with Crippen LogP contribution in [-0.4, -0.2) is 17.7 Å². The van der Waals surface area contributed by atoms with Gasteiger partial charge in [-0.05, 0) is 43.9 Å². The second kappa shape index (κ2) is 6.19. The van der Waals surface area contributed by atoms with Crippen molar-refractivity contribution in [3.05, 3.63) is 63.1 Å². The SMILES string of the molecule is Cc1ccc(Cc2c(NS(=O)(=O)C3(C)CC3)cc(F)c(=O)n2C)c(F)c1. The van der Waals surface area contributed by atoms with E-state index >= 15 is 0 Å². The molecule has 0 spiro atoms. The first-order valence-corrected chi connectivity index (χ1v) is 9.68. The monoisotopic (exact) mass is 382 g/mol. The lowest BCUT2D eigenvalue weighted by Gasteiger charge is -2.19. The Morgan fingerprint density at radius 2 is 1.85 bits per heavy atom. The van der Waals surface area contributed by atoms with E-state index in [1.165, 1.54) is 13.1 Å². The summed E-state index contributed by atoms with van der Waals surface area (Å²) >= 11 is 0. The van der Waals surface area contributed by atoms with E-state index in [0.717, 1.165) is 16.2 Å². The van der Waals surface area contributed by atoms with Crippen LogP contribution in [0.2, 0.25) is 0 Å². The third-order valence-corrected chi connectivity index (χ3v) is 7.10. The van der Waals surface area contributed by atoms with Gasteiger partial charge in [-0.15, -0.1) is 0 Å². The molecule has 0 aliphatic heterocycles. The van der Waals surface area contributed by atoms with Crippen molar-refractivity contribution in [2.75, 3.05) is 4.72 Å². The molecule has 1 aliphatic carbocycles. The summed E-state index contributed by atoms with van der Waals surface area (Å²) in [5, 5.41) is 0. The zero-order valence-corrected chi connectivity index (χ0v) is 15.6. The van der Waals surface area contributed by atoms with Gasteiger partial charge in [0.15, 0.2) is 5.82 Å². The maximum absolute atomic E-state index is 14.2. The zero-order valence-electron chi connectivity index (χ0n) is 14.8. The van der Waals surface area contributed by atoms with Crippen molar-refractivity contribution in [2.45, 2.75) is 37.9 Å². The Hall–Kier alpha value is -2.22. The van der Waals surface area contributed by atoms with Crippen LogP contribution >= 0.6 is 0 Å². The molecule has 0 bridgehead atoms. The van der Waals surface area contributed by atoms with Gasteiger partial charge in [-0.1, -0.05) is 12.1 Å². The van der Waals surface area contributed by atoms with Gasteiger partial charge in [0, 0.05) is 25.2 Å². The van der Waals surface area contributed by atoms with Crippen LogP contribution in [0.25, 0.3) is 0 Å². The number of halogens is 2. The molecule has 0 atom stereocenters. The Labute approximate surface area is 150 Å². The molecule has 1 heterocycles. The molecule has 8 heteroatoms. The van der Waals surface area contributed by atoms with E-state index in [1.54, 1.807) is 26.0 Å². The van der Waals surface area contributed by atoms with Gasteiger partial charge in [-0.2, -0.15) is 0 Å². The number of pyridine rings is 1. The first kappa shape index (κ1) is 18.6. The third-order valence-electron chi connectivity index (χ3n) is 4.91. The van der Waals surface area contributed by atoms with Crippen molar-refractivity contribution >= 4 is 15.7 Å². The number of nitrogens with zero attached hydrogens (tertiary/aromatic N) is 1. The van der Waals surface area contributed by atoms with Crippen LogP contribution in [0.15, 0.2) is 29.1 Å². The van der Waals surface area contributed by atoms with E-state index in [4.69, 9.17) is 0 Å². The van der Waals surface area contributed by atoms with Crippen LogP contribution in [0, 0.1) is 18.6 Å². The van der Waals surface area contributed by atoms with Crippen LogP contribution in [0.4, 0.5) is 14.5 Å². The highest BCUT2D eigenvalue weighted by Crippen LogP contribution is 2.43. The molecule has 2 aromatic rings. The molecule has 1 aliphatic rings. The Bertz CT molecular complexity index is 1040. The lowest BCUT2D eigenvalue weighted by molar-refractivity contribution is 0.579. The van der Waals surface area contributed by atoms with Gasteiger partial charge in [0.1, 0.15) is 5.82 Å². The second-order valence-electron chi connectivity index (χ2n) is 7.04. The Morgan fingerprint density at radius 1 is 1.19 bits per heavy atom. The van der Waals surface area contributed by atoms with E-state index in [2.05, 4.69) is 4.72 Å². The molecular formula is C18H20F2N2O3S. The molecule has 1 N–H and O–H groups in total. The predicted octanol–water partition coefficient (Wildman–Crippen LogP) is 2.86. The van der Waals surface area contributed by atoms with Crippen molar-refractivity contribution < 1.29 is 17.2 Å². The summed E-state index contributed by atoms with van der Waals surface area (Å²) in [6.07, 6.45) is 0.976. The number of nitrogens with one attached hydrogen (secondary N) is 1. The molecule has 1 aromatic heterocycles. The first-order valence-electron chi connectivity index (χ1n) is 8.20. The fourth-order valence-corrected chi connectivity index (χ4v) is 4.08. The lowest BCUT2D eigenvalue weighted by Crippen LogP contribution is -2.30. The van der Waals surface area contributed by atoms with Crippen molar-refractivity contribution in [1.82, 2.24) is 4.57 Å². The van der Waals surface area contributed by atoms with Crippen LogP contribution in [0.3, 0.4) is 0 Å². The average molecular weight is 382 g/mol. The highest BCUT2D eigenvalue weighted by Gasteiger charge is 2.50. The van der Waals surface area contributed by atoms with Crippen molar-refractivity contribution in [2.24, 2.45) is 7.05 Å². The number of hydrogen-bond acceptors (Lipinski definition) is 3. The van der Waals surface area contributed by atoms with E-state index in [-0.39, 0.29) is 23.4 Å². The van der Waals surface area contributed by atoms with Gasteiger partial charge < -0.3 is 4.57 Å². The van der Waals surface area contributed by atoms with Gasteiger partial charge >= 0.3 is 0 Å². The summed E-state index contributed by atoms with van der Waals surface area (Å²) in [5.74, 6) is -1.54. The summed E-state index contributed by atoms with van der Waals surface area (Å²) < 4.78 is 55.7. The number of anilines is 1. The lowest BCUT2D eigenvalue weighted by atomic mass is 10.1. The minimum absolute atomic E-state index is 0.0438. The van der Waals surface area contributed by atoms with Crippen LogP contribution in [-0.2, 0) is 23.5 Å². The molecular weight excluding hydrogens is 362 g/mol. The second-order valence-corrected chi connectivity index (χ2v) is 9.24. The molecule has 3 rings (SSSR count). The van der Waals surface area contributed by atoms with Crippen LogP contribution in [0.5, 0.6) is 0 Å². The standard InChI is InChI=1S/C18H20F2N2O3S/c1-11-4-5-12(13(19)8-11)9-16-15(10-14(20)17(23)22(16)3)21-26(24,25)18(2)6-7-18/h4-5,8,10,21H,6-7,9H2,1-3H3. The smallest absolute Gasteiger partial charge is 0.286 e. The maximum Gasteiger partial charge on any atom is 0.286 e. The molecule has 1 aromatic carbocycles. The Balaban J connectivity index is 2.08. The van der Waals surface area contributed by atoms with E-state index in [9.17, 15) is 22.0 Å². The molecule has 0 radical (unpaired) electrons. The van der Waals surface area contributed by atoms with Crippen molar-refractivity contribution in [3.8, 4) is 0 Å². The molecule has 0 unspecified atom stereocenters. The van der Waals surface area contributed by atoms with Crippen LogP contribution in [0.1, 0.15) is 36.6 Å². The number of benzene rings is 1. The largest absolute Gasteiger partial charge is 0.311 e. The normalized spacial score (nSPS) is 15.7. The number of aromatic nitrogens is 1. The Kier molecular flexibility index (Phi) is 4.42. The summed E-state index contributed by atoms with van der Waals surface area (Å²) in [5.41, 5.74) is 0.287. The van der Waals surface area contributed by atoms with Gasteiger partial charge in [-0.3, -0.25) is 9.52 Å². The fraction of sp³-hybridized carbons (Fsp3) is 0.389. The summed E-state index contributed by atoms with van der Waals surface area (Å²) in [6.45, 7) is 3.35. The molecule has 0 amide bonds. The molecule has 140 valence electrons. The number of rotatable bonds is 5. The average Bonchev–Trinajstić information content (AvgIpc) is 3.30. The minimum Gasteiger partial charge on any atom is -0.311 e. The summed E-state index contributed by atoms with van der Waals surface area (Å²) in [4.78, 5) is 12.0. The van der Waals surface area contributed by atoms with Crippen LogP contribution < -0.4 is 10.3 Å². The van der Waals surface area contributed by atoms with Crippen molar-refractivity contribution in [3.63, 3.8) is 0 Å². The summed E-state index contributed by atoms with van der Waals surface area (Å²) in [7, 11) is -2.41. The summed E-state index contributed by atoms with van der Waals surface area (Å²) in [6, 6.07) is 5.51. The van der Waals surface area contributed by atoms with E-state index < -0.39 is 32.0 Å². The molecule has 0 saturated heterocycles. The number of aryl methyl sites for hydroxylation is 1. The third kappa shape index (κ3) is 3.25. The van der Waals surface area contributed by atoms with Gasteiger partial charge in [-0.25, -0.2) is 17.2 Å². The minimum atomic E-state index is -3.74. The zero-order chi connectivity index (χ0) is 19.3. The molecule has 5 nitrogen and oxygen atoms in total. The molecule has 1 fully saturated rings. The van der Waals surface area contributed by atoms with Gasteiger partial charge in [0.2, 0.25) is 10.0 Å². The van der Waals surface area contributed by atoms with Gasteiger partial charge in [0.25, 0.3) is 5.56 Å². The Morgan fingerprint density at radius 3 is 2.42 bits per heavy atom. The molecule has 26 heavy (non-hydrogen) atoms. The first-order chi connectivity index (χ1) is 12.0. The van der Waals surface area contributed by atoms with E-state index in [1.807, 2.05) is 0 Å². The fourth-order valence-electron chi connectivity index (χ4n) is 2.73. The number of hydrogen-bond donors (Lipinski definition) is 1. The highest BCUT2D eigenvalue weighted by atomic mass is 32.2. The topological polar surface area (TPSA) is 68.2 Å². The molecule has 1 saturated carbocycles. The van der Waals surface area contributed by atoms with Crippen molar-refractivity contribution in [1.29, 1.82) is 0 Å². The predicted molar refractivity (Wildman–Crippen MR) is 95.8 cm³/mol. The maximum atomic E-state index is 14.2. The van der Waals surface area contributed by atoms with E-state index in [0.29, 0.717) is 12.8 Å². The quantitative estimate of drug-likeness (QED) is 0.865.